The first-order valence-corrected chi connectivity index (χ1v) is 11.1. The molecule has 0 radical (unpaired) electrons. The van der Waals surface area contributed by atoms with Gasteiger partial charge in [0.05, 0.1) is 32.3 Å². The summed E-state index contributed by atoms with van der Waals surface area (Å²) in [7, 11) is 0. The third-order valence-electron chi connectivity index (χ3n) is 5.73. The van der Waals surface area contributed by atoms with E-state index in [9.17, 15) is 30.4 Å². The van der Waals surface area contributed by atoms with Gasteiger partial charge in [0.2, 0.25) is 0 Å². The quantitative estimate of drug-likeness (QED) is 0.121. The molecule has 5 aromatic rings. The molecule has 0 aliphatic carbocycles. The predicted octanol–water partition coefficient (Wildman–Crippen LogP) is 6.12. The minimum Gasteiger partial charge on any atom is -0.507 e. The zero-order valence-corrected chi connectivity index (χ0v) is 19.4. The van der Waals surface area contributed by atoms with Crippen molar-refractivity contribution in [2.75, 3.05) is 0 Å². The number of fused-ring (bicyclic) bond motifs is 2. The summed E-state index contributed by atoms with van der Waals surface area (Å²) in [6.45, 7) is 0. The Morgan fingerprint density at radius 3 is 1.50 bits per heavy atom. The lowest BCUT2D eigenvalue weighted by molar-refractivity contribution is -0.385. The fraction of sp³-hybridized carbons (Fsp3) is 0. The van der Waals surface area contributed by atoms with Gasteiger partial charge in [0.25, 0.3) is 11.4 Å². The van der Waals surface area contributed by atoms with Crippen molar-refractivity contribution >= 4 is 57.0 Å². The van der Waals surface area contributed by atoms with Crippen LogP contribution in [0, 0.1) is 20.2 Å². The van der Waals surface area contributed by atoms with Gasteiger partial charge in [-0.2, -0.15) is 0 Å². The Bertz CT molecular complexity index is 1690. The molecule has 0 fully saturated rings. The Morgan fingerprint density at radius 2 is 1.08 bits per heavy atom. The largest absolute Gasteiger partial charge is 0.507 e. The standard InChI is InChI=1S/C27H17N5O6/c33-26-7-5-22(31(35)36)10-18(26)14-28-20-3-1-16-9-17-2-4-21(13-25(17)30-24(16)12-20)29-15-19-11-23(32(37)38)6-8-27(19)34/h1-15,33-34H. The van der Waals surface area contributed by atoms with E-state index in [1.54, 1.807) is 24.3 Å². The van der Waals surface area contributed by atoms with Crippen LogP contribution < -0.4 is 0 Å². The minimum absolute atomic E-state index is 0.129. The molecule has 0 unspecified atom stereocenters. The van der Waals surface area contributed by atoms with E-state index in [0.717, 1.165) is 10.8 Å². The molecule has 1 heterocycles. The summed E-state index contributed by atoms with van der Waals surface area (Å²) >= 11 is 0. The molecule has 11 heteroatoms. The molecule has 186 valence electrons. The van der Waals surface area contributed by atoms with E-state index in [1.807, 2.05) is 18.2 Å². The van der Waals surface area contributed by atoms with Crippen molar-refractivity contribution in [3.8, 4) is 11.5 Å². The van der Waals surface area contributed by atoms with Gasteiger partial charge in [-0.3, -0.25) is 30.2 Å². The number of aromatic hydroxyl groups is 2. The molecule has 0 saturated carbocycles. The predicted molar refractivity (Wildman–Crippen MR) is 143 cm³/mol. The summed E-state index contributed by atoms with van der Waals surface area (Å²) in [4.78, 5) is 34.3. The van der Waals surface area contributed by atoms with Crippen LogP contribution in [-0.4, -0.2) is 37.5 Å². The minimum atomic E-state index is -0.549. The molecule has 4 aromatic carbocycles. The molecule has 11 nitrogen and oxygen atoms in total. The van der Waals surface area contributed by atoms with Crippen molar-refractivity contribution in [2.24, 2.45) is 9.98 Å². The number of nitro groups is 2. The van der Waals surface area contributed by atoms with Crippen molar-refractivity contribution in [2.45, 2.75) is 0 Å². The molecule has 0 bridgehead atoms. The summed E-state index contributed by atoms with van der Waals surface area (Å²) in [5.74, 6) is -0.258. The van der Waals surface area contributed by atoms with Crippen molar-refractivity contribution in [1.29, 1.82) is 0 Å². The van der Waals surface area contributed by atoms with Gasteiger partial charge >= 0.3 is 0 Å². The van der Waals surface area contributed by atoms with E-state index < -0.39 is 9.85 Å². The van der Waals surface area contributed by atoms with Gasteiger partial charge in [-0.25, -0.2) is 4.98 Å². The maximum atomic E-state index is 11.0. The van der Waals surface area contributed by atoms with Crippen LogP contribution in [0.4, 0.5) is 22.7 Å². The maximum Gasteiger partial charge on any atom is 0.270 e. The van der Waals surface area contributed by atoms with E-state index in [1.165, 1.54) is 48.8 Å². The van der Waals surface area contributed by atoms with Crippen LogP contribution in [0.2, 0.25) is 0 Å². The fourth-order valence-corrected chi connectivity index (χ4v) is 3.77. The van der Waals surface area contributed by atoms with E-state index in [4.69, 9.17) is 4.98 Å². The molecule has 0 spiro atoms. The molecule has 38 heavy (non-hydrogen) atoms. The number of benzene rings is 4. The molecule has 1 aromatic heterocycles. The lowest BCUT2D eigenvalue weighted by atomic mass is 10.1. The smallest absolute Gasteiger partial charge is 0.270 e. The second-order valence-corrected chi connectivity index (χ2v) is 8.26. The van der Waals surface area contributed by atoms with Crippen LogP contribution >= 0.6 is 0 Å². The van der Waals surface area contributed by atoms with E-state index in [0.29, 0.717) is 22.4 Å². The number of aromatic nitrogens is 1. The highest BCUT2D eigenvalue weighted by molar-refractivity contribution is 5.96. The van der Waals surface area contributed by atoms with Crippen LogP contribution in [-0.2, 0) is 0 Å². The Morgan fingerprint density at radius 1 is 0.632 bits per heavy atom. The Hall–Kier alpha value is -5.71. The number of non-ortho nitro benzene ring substituents is 2. The number of pyridine rings is 1. The van der Waals surface area contributed by atoms with Crippen molar-refractivity contribution in [3.05, 3.63) is 110 Å². The molecular weight excluding hydrogens is 490 g/mol. The molecular formula is C27H17N5O6. The molecule has 5 rings (SSSR count). The highest BCUT2D eigenvalue weighted by atomic mass is 16.6. The number of hydrogen-bond acceptors (Lipinski definition) is 9. The second-order valence-electron chi connectivity index (χ2n) is 8.26. The maximum absolute atomic E-state index is 11.0. The number of phenols is 2. The van der Waals surface area contributed by atoms with Crippen molar-refractivity contribution < 1.29 is 20.1 Å². The number of aliphatic imine (C=N–C) groups is 2. The topological polar surface area (TPSA) is 164 Å². The first kappa shape index (κ1) is 24.0. The number of phenolic OH excluding ortho intramolecular Hbond substituents is 2. The van der Waals surface area contributed by atoms with Crippen molar-refractivity contribution in [3.63, 3.8) is 0 Å². The molecule has 0 aliphatic rings. The van der Waals surface area contributed by atoms with Crippen LogP contribution in [0.15, 0.2) is 88.8 Å². The van der Waals surface area contributed by atoms with Gasteiger partial charge in [-0.15, -0.1) is 0 Å². The third kappa shape index (κ3) is 4.97. The van der Waals surface area contributed by atoms with Crippen LogP contribution in [0.3, 0.4) is 0 Å². The Kier molecular flexibility index (Phi) is 6.15. The number of hydrogen-bond donors (Lipinski definition) is 2. The monoisotopic (exact) mass is 507 g/mol. The first-order valence-electron chi connectivity index (χ1n) is 11.1. The first-order chi connectivity index (χ1) is 18.3. The van der Waals surface area contributed by atoms with Crippen LogP contribution in [0.25, 0.3) is 21.8 Å². The highest BCUT2D eigenvalue weighted by Crippen LogP contribution is 2.28. The lowest BCUT2D eigenvalue weighted by Gasteiger charge is -2.04. The van der Waals surface area contributed by atoms with E-state index >= 15 is 0 Å². The fourth-order valence-electron chi connectivity index (χ4n) is 3.77. The average Bonchev–Trinajstić information content (AvgIpc) is 2.90. The van der Waals surface area contributed by atoms with E-state index in [2.05, 4.69) is 9.98 Å². The lowest BCUT2D eigenvalue weighted by Crippen LogP contribution is -1.90. The zero-order chi connectivity index (χ0) is 26.8. The zero-order valence-electron chi connectivity index (χ0n) is 19.4. The van der Waals surface area contributed by atoms with Gasteiger partial charge in [0, 0.05) is 58.6 Å². The molecule has 2 N–H and O–H groups in total. The molecule has 0 atom stereocenters. The van der Waals surface area contributed by atoms with Gasteiger partial charge in [0.1, 0.15) is 11.5 Å². The summed E-state index contributed by atoms with van der Waals surface area (Å²) in [6.07, 6.45) is 2.70. The van der Waals surface area contributed by atoms with E-state index in [-0.39, 0.29) is 34.0 Å². The summed E-state index contributed by atoms with van der Waals surface area (Å²) in [6, 6.07) is 20.1. The van der Waals surface area contributed by atoms with Crippen LogP contribution in [0.5, 0.6) is 11.5 Å². The van der Waals surface area contributed by atoms with Gasteiger partial charge in [0.15, 0.2) is 0 Å². The average molecular weight is 507 g/mol. The van der Waals surface area contributed by atoms with Gasteiger partial charge in [-0.05, 0) is 42.5 Å². The summed E-state index contributed by atoms with van der Waals surface area (Å²) < 4.78 is 0. The normalized spacial score (nSPS) is 11.6. The SMILES string of the molecule is O=[N+]([O-])c1ccc(O)c(C=Nc2ccc3cc4ccc(N=Cc5cc([N+](=O)[O-])ccc5O)cc4nc3c2)c1. The highest BCUT2D eigenvalue weighted by Gasteiger charge is 2.10. The molecule has 0 aliphatic heterocycles. The summed E-state index contributed by atoms with van der Waals surface area (Å²) in [5.41, 5.74) is 2.47. The number of rotatable bonds is 6. The van der Waals surface area contributed by atoms with Crippen molar-refractivity contribution in [1.82, 2.24) is 4.98 Å². The Labute approximate surface area is 214 Å². The third-order valence-corrected chi connectivity index (χ3v) is 5.73. The second kappa shape index (κ2) is 9.74. The molecule has 0 amide bonds. The van der Waals surface area contributed by atoms with Crippen LogP contribution in [0.1, 0.15) is 11.1 Å². The summed E-state index contributed by atoms with van der Waals surface area (Å²) in [5, 5.41) is 43.8. The number of nitro benzene ring substituents is 2. The molecule has 0 saturated heterocycles. The Balaban J connectivity index is 1.46. The van der Waals surface area contributed by atoms with Gasteiger partial charge in [-0.1, -0.05) is 12.1 Å². The van der Waals surface area contributed by atoms with Gasteiger partial charge < -0.3 is 10.2 Å². The number of nitrogens with zero attached hydrogens (tertiary/aromatic N) is 5.